The summed E-state index contributed by atoms with van der Waals surface area (Å²) >= 11 is 15.9. The number of rotatable bonds is 3. The monoisotopic (exact) mass is 499 g/mol. The van der Waals surface area contributed by atoms with E-state index in [9.17, 15) is 15.0 Å². The fourth-order valence-electron chi connectivity index (χ4n) is 2.92. The Morgan fingerprint density at radius 2 is 2.00 bits per heavy atom. The first kappa shape index (κ1) is 21.6. The van der Waals surface area contributed by atoms with Crippen LogP contribution < -0.4 is 10.5 Å². The van der Waals surface area contributed by atoms with Gasteiger partial charge in [-0.1, -0.05) is 29.3 Å². The quantitative estimate of drug-likeness (QED) is 0.442. The number of nitrogens with zero attached hydrogens (tertiary/aromatic N) is 2. The number of hydrogen-bond donors (Lipinski definition) is 3. The number of ether oxygens (including phenoxy) is 1. The molecular formula is C19H16BrCl2N3O4. The number of hydrogen-bond acceptors (Lipinski definition) is 6. The van der Waals surface area contributed by atoms with Gasteiger partial charge in [-0.05, 0) is 45.8 Å². The molecule has 4 N–H and O–H groups in total. The average Bonchev–Trinajstić information content (AvgIpc) is 2.66. The molecule has 1 heterocycles. The molecule has 1 amide bonds. The zero-order chi connectivity index (χ0) is 21.3. The predicted octanol–water partition coefficient (Wildman–Crippen LogP) is 3.34. The van der Waals surface area contributed by atoms with E-state index in [4.69, 9.17) is 33.7 Å². The maximum absolute atomic E-state index is 13.1. The Bertz CT molecular complexity index is 1020. The van der Waals surface area contributed by atoms with Gasteiger partial charge in [-0.25, -0.2) is 4.90 Å². The first-order valence-corrected chi connectivity index (χ1v) is 9.79. The van der Waals surface area contributed by atoms with Crippen LogP contribution in [0.4, 0.5) is 0 Å². The van der Waals surface area contributed by atoms with Gasteiger partial charge in [0.05, 0.1) is 25.6 Å². The summed E-state index contributed by atoms with van der Waals surface area (Å²) in [6, 6.07) is 7.70. The van der Waals surface area contributed by atoms with Crippen LogP contribution in [0, 0.1) is 0 Å². The van der Waals surface area contributed by atoms with Crippen LogP contribution in [0.25, 0.3) is 5.57 Å². The van der Waals surface area contributed by atoms with Crippen molar-refractivity contribution in [2.75, 3.05) is 13.8 Å². The normalized spacial score (nSPS) is 15.9. The fraction of sp³-hybridized carbons (Fsp3) is 0.158. The molecular weight excluding hydrogens is 485 g/mol. The molecule has 0 aromatic heterocycles. The van der Waals surface area contributed by atoms with Crippen LogP contribution in [0.5, 0.6) is 5.75 Å². The number of aliphatic hydroxyl groups is 2. The van der Waals surface area contributed by atoms with E-state index in [-0.39, 0.29) is 26.9 Å². The number of allylic oxidation sites excluding steroid dienone is 1. The van der Waals surface area contributed by atoms with Gasteiger partial charge in [0.15, 0.2) is 6.73 Å². The zero-order valence-corrected chi connectivity index (χ0v) is 18.2. The van der Waals surface area contributed by atoms with E-state index in [2.05, 4.69) is 20.9 Å². The van der Waals surface area contributed by atoms with Crippen molar-refractivity contribution in [1.82, 2.24) is 4.90 Å². The van der Waals surface area contributed by atoms with Crippen LogP contribution >= 0.6 is 39.1 Å². The summed E-state index contributed by atoms with van der Waals surface area (Å²) in [7, 11) is 1.58. The molecule has 0 atom stereocenters. The summed E-state index contributed by atoms with van der Waals surface area (Å²) in [6.45, 7) is -0.424. The van der Waals surface area contributed by atoms with E-state index in [1.54, 1.807) is 19.2 Å². The smallest absolute Gasteiger partial charge is 0.284 e. The number of halogens is 3. The highest BCUT2D eigenvalue weighted by Crippen LogP contribution is 2.41. The van der Waals surface area contributed by atoms with Gasteiger partial charge >= 0.3 is 0 Å². The van der Waals surface area contributed by atoms with Crippen LogP contribution in [0.3, 0.4) is 0 Å². The molecule has 0 fully saturated rings. The van der Waals surface area contributed by atoms with E-state index in [0.717, 1.165) is 4.90 Å². The van der Waals surface area contributed by atoms with Crippen molar-refractivity contribution >= 4 is 56.8 Å². The Balaban J connectivity index is 2.03. The van der Waals surface area contributed by atoms with Crippen molar-refractivity contribution in [2.24, 2.45) is 10.7 Å². The molecule has 0 saturated carbocycles. The SMILES string of the molecule is CN=CC(=CN)c1cc(Cl)c(C(=O)N2COc3c(Br)cccc3C2(O)O)c(Cl)c1. The minimum absolute atomic E-state index is 0.00264. The van der Waals surface area contributed by atoms with Gasteiger partial charge in [0, 0.05) is 25.0 Å². The van der Waals surface area contributed by atoms with Gasteiger partial charge in [0.25, 0.3) is 11.8 Å². The second-order valence-electron chi connectivity index (χ2n) is 6.08. The van der Waals surface area contributed by atoms with Crippen molar-refractivity contribution in [3.8, 4) is 5.75 Å². The number of fused-ring (bicyclic) bond motifs is 1. The zero-order valence-electron chi connectivity index (χ0n) is 15.1. The largest absolute Gasteiger partial charge is 0.471 e. The molecule has 0 radical (unpaired) electrons. The lowest BCUT2D eigenvalue weighted by Gasteiger charge is -2.40. The molecule has 0 saturated heterocycles. The van der Waals surface area contributed by atoms with Crippen LogP contribution in [0.1, 0.15) is 21.5 Å². The molecule has 2 aromatic rings. The summed E-state index contributed by atoms with van der Waals surface area (Å²) in [4.78, 5) is 17.7. The van der Waals surface area contributed by atoms with E-state index in [0.29, 0.717) is 15.6 Å². The first-order valence-electron chi connectivity index (χ1n) is 8.24. The summed E-state index contributed by atoms with van der Waals surface area (Å²) in [5, 5.41) is 21.4. The molecule has 0 aliphatic carbocycles. The molecule has 1 aliphatic heterocycles. The lowest BCUT2D eigenvalue weighted by molar-refractivity contribution is -0.276. The second kappa shape index (κ2) is 8.33. The van der Waals surface area contributed by atoms with E-state index < -0.39 is 18.5 Å². The number of carbonyl (C=O) groups excluding carboxylic acids is 1. The maximum atomic E-state index is 13.1. The van der Waals surface area contributed by atoms with Gasteiger partial charge in [-0.2, -0.15) is 0 Å². The van der Waals surface area contributed by atoms with E-state index in [1.165, 1.54) is 30.6 Å². The third-order valence-electron chi connectivity index (χ3n) is 4.32. The van der Waals surface area contributed by atoms with Crippen molar-refractivity contribution in [1.29, 1.82) is 0 Å². The maximum Gasteiger partial charge on any atom is 0.284 e. The molecule has 0 unspecified atom stereocenters. The highest BCUT2D eigenvalue weighted by molar-refractivity contribution is 9.10. The molecule has 29 heavy (non-hydrogen) atoms. The summed E-state index contributed by atoms with van der Waals surface area (Å²) in [6.07, 6.45) is 2.85. The lowest BCUT2D eigenvalue weighted by Crippen LogP contribution is -2.54. The first-order chi connectivity index (χ1) is 13.7. The van der Waals surface area contributed by atoms with Gasteiger partial charge in [-0.3, -0.25) is 9.79 Å². The Hall–Kier alpha value is -2.10. The number of amides is 1. The van der Waals surface area contributed by atoms with Gasteiger partial charge in [0.2, 0.25) is 0 Å². The summed E-state index contributed by atoms with van der Waals surface area (Å²) in [5.74, 6) is -3.22. The van der Waals surface area contributed by atoms with Gasteiger partial charge in [0.1, 0.15) is 5.75 Å². The van der Waals surface area contributed by atoms with Crippen LogP contribution in [-0.2, 0) is 5.91 Å². The number of aliphatic imine (C=N–C) groups is 1. The number of nitrogens with two attached hydrogens (primary N) is 1. The highest BCUT2D eigenvalue weighted by Gasteiger charge is 2.45. The molecule has 152 valence electrons. The van der Waals surface area contributed by atoms with Crippen molar-refractivity contribution in [3.05, 3.63) is 67.7 Å². The Labute approximate surface area is 185 Å². The number of benzene rings is 2. The van der Waals surface area contributed by atoms with Crippen molar-refractivity contribution in [2.45, 2.75) is 5.91 Å². The second-order valence-corrected chi connectivity index (χ2v) is 7.75. The van der Waals surface area contributed by atoms with E-state index >= 15 is 0 Å². The Morgan fingerprint density at radius 1 is 1.34 bits per heavy atom. The predicted molar refractivity (Wildman–Crippen MR) is 115 cm³/mol. The fourth-order valence-corrected chi connectivity index (χ4v) is 4.05. The standard InChI is InChI=1S/C19H16BrCl2N3O4/c1-24-8-11(7-23)10-5-14(21)16(15(22)6-10)18(26)25-9-29-17-12(19(25,27)28)3-2-4-13(17)20/h2-8,27-28H,9,23H2,1H3. The third-order valence-corrected chi connectivity index (χ3v) is 5.55. The van der Waals surface area contributed by atoms with Crippen LogP contribution in [-0.4, -0.2) is 41.0 Å². The van der Waals surface area contributed by atoms with Gasteiger partial charge < -0.3 is 20.7 Å². The molecule has 1 aliphatic rings. The van der Waals surface area contributed by atoms with Crippen LogP contribution in [0.15, 0.2) is 46.0 Å². The Morgan fingerprint density at radius 3 is 2.59 bits per heavy atom. The molecule has 0 spiro atoms. The van der Waals surface area contributed by atoms with Crippen molar-refractivity contribution in [3.63, 3.8) is 0 Å². The third kappa shape index (κ3) is 3.86. The molecule has 3 rings (SSSR count). The minimum atomic E-state index is -2.63. The molecule has 7 nitrogen and oxygen atoms in total. The summed E-state index contributed by atoms with van der Waals surface area (Å²) in [5.41, 5.74) is 6.60. The topological polar surface area (TPSA) is 108 Å². The minimum Gasteiger partial charge on any atom is -0.471 e. The highest BCUT2D eigenvalue weighted by atomic mass is 79.9. The molecule has 10 heteroatoms. The molecule has 2 aromatic carbocycles. The number of carbonyl (C=O) groups is 1. The average molecular weight is 501 g/mol. The summed E-state index contributed by atoms with van der Waals surface area (Å²) < 4.78 is 6.07. The molecule has 0 bridgehead atoms. The Kier molecular flexibility index (Phi) is 6.21. The van der Waals surface area contributed by atoms with Crippen LogP contribution in [0.2, 0.25) is 10.0 Å². The lowest BCUT2D eigenvalue weighted by atomic mass is 10.0. The number of para-hydroxylation sites is 1. The van der Waals surface area contributed by atoms with Crippen molar-refractivity contribution < 1.29 is 19.7 Å². The van der Waals surface area contributed by atoms with E-state index in [1.807, 2.05) is 0 Å². The van der Waals surface area contributed by atoms with Gasteiger partial charge in [-0.15, -0.1) is 0 Å².